The molecule has 0 spiro atoms. The number of aromatic nitrogens is 11. The van der Waals surface area contributed by atoms with Crippen LogP contribution in [0.2, 0.25) is 0 Å². The molecule has 12 nitrogen and oxygen atoms in total. The normalized spacial score (nSPS) is 11.2. The second-order valence-corrected chi connectivity index (χ2v) is 8.26. The lowest BCUT2D eigenvalue weighted by molar-refractivity contribution is 0.720. The van der Waals surface area contributed by atoms with Crippen molar-refractivity contribution in [3.05, 3.63) is 83.9 Å². The van der Waals surface area contributed by atoms with Gasteiger partial charge in [-0.25, -0.2) is 15.2 Å². The monoisotopic (exact) mass is 478 g/mol. The van der Waals surface area contributed by atoms with Crippen molar-refractivity contribution in [1.82, 2.24) is 55.8 Å². The lowest BCUT2D eigenvalue weighted by atomic mass is 9.98. The Kier molecular flexibility index (Phi) is 5.58. The molecule has 0 fully saturated rings. The minimum atomic E-state index is 0.484. The van der Waals surface area contributed by atoms with Crippen molar-refractivity contribution in [3.8, 4) is 22.5 Å². The van der Waals surface area contributed by atoms with E-state index >= 15 is 0 Å². The molecule has 6 rings (SSSR count). The van der Waals surface area contributed by atoms with Crippen LogP contribution in [0.1, 0.15) is 24.0 Å². The Bertz CT molecular complexity index is 1570. The fourth-order valence-corrected chi connectivity index (χ4v) is 4.22. The second-order valence-electron chi connectivity index (χ2n) is 8.26. The molecule has 0 unspecified atom stereocenters. The van der Waals surface area contributed by atoms with Crippen LogP contribution in [0.5, 0.6) is 0 Å². The van der Waals surface area contributed by atoms with Crippen LogP contribution in [0.4, 0.5) is 5.82 Å². The zero-order chi connectivity index (χ0) is 24.3. The van der Waals surface area contributed by atoms with Crippen molar-refractivity contribution < 1.29 is 0 Å². The quantitative estimate of drug-likeness (QED) is 0.337. The van der Waals surface area contributed by atoms with E-state index in [-0.39, 0.29) is 0 Å². The highest BCUT2D eigenvalue weighted by atomic mass is 15.5. The zero-order valence-electron chi connectivity index (χ0n) is 19.4. The highest BCUT2D eigenvalue weighted by Gasteiger charge is 2.17. The van der Waals surface area contributed by atoms with Crippen LogP contribution in [-0.2, 0) is 19.5 Å². The van der Waals surface area contributed by atoms with Gasteiger partial charge in [-0.15, -0.1) is 10.2 Å². The number of hydrogen-bond donors (Lipinski definition) is 2. The van der Waals surface area contributed by atoms with Crippen molar-refractivity contribution in [2.75, 3.05) is 4.90 Å². The van der Waals surface area contributed by atoms with Gasteiger partial charge in [-0.2, -0.15) is 9.61 Å². The molecule has 0 amide bonds. The second kappa shape index (κ2) is 9.33. The SMILES string of the molecule is CCc1cc(N(Cc2ccc(-c3ccccc3-c3nnn[nH]3)cc2)Cc2nnn[nH]2)n2nccc2n1. The Morgan fingerprint density at radius 2 is 1.67 bits per heavy atom. The van der Waals surface area contributed by atoms with Crippen LogP contribution in [0.25, 0.3) is 28.2 Å². The lowest BCUT2D eigenvalue weighted by Gasteiger charge is -2.24. The van der Waals surface area contributed by atoms with E-state index in [4.69, 9.17) is 0 Å². The van der Waals surface area contributed by atoms with Crippen molar-refractivity contribution >= 4 is 11.5 Å². The Hall–Kier alpha value is -5.00. The van der Waals surface area contributed by atoms with E-state index in [9.17, 15) is 0 Å². The van der Waals surface area contributed by atoms with Crippen LogP contribution >= 0.6 is 0 Å². The minimum Gasteiger partial charge on any atom is -0.345 e. The molecule has 4 aromatic heterocycles. The van der Waals surface area contributed by atoms with Gasteiger partial charge in [0.05, 0.1) is 12.7 Å². The first-order chi connectivity index (χ1) is 17.8. The maximum Gasteiger partial charge on any atom is 0.180 e. The fraction of sp³-hybridized carbons (Fsp3) is 0.167. The lowest BCUT2D eigenvalue weighted by Crippen LogP contribution is -2.26. The van der Waals surface area contributed by atoms with Crippen molar-refractivity contribution in [2.45, 2.75) is 26.4 Å². The van der Waals surface area contributed by atoms with E-state index in [1.807, 2.05) is 28.8 Å². The molecule has 0 radical (unpaired) electrons. The molecule has 0 aliphatic heterocycles. The number of H-pyrrole nitrogens is 2. The van der Waals surface area contributed by atoms with Crippen LogP contribution in [-0.4, -0.2) is 55.8 Å². The number of rotatable bonds is 8. The average Bonchev–Trinajstić information content (AvgIpc) is 3.71. The summed E-state index contributed by atoms with van der Waals surface area (Å²) in [6.45, 7) is 3.20. The standard InChI is InChI=1S/C24H22N12/c1-2-18-13-23(36-22(26-18)11-12-25-36)35(15-21-27-31-32-28-21)14-16-7-9-17(10-8-16)19-5-3-4-6-20(19)24-29-33-34-30-24/h3-13H,2,14-15H2,1H3,(H,27,28,31,32)(H,29,30,33,34). The van der Waals surface area contributed by atoms with Gasteiger partial charge < -0.3 is 4.90 Å². The molecule has 0 saturated heterocycles. The Morgan fingerprint density at radius 3 is 2.42 bits per heavy atom. The fourth-order valence-electron chi connectivity index (χ4n) is 4.22. The van der Waals surface area contributed by atoms with E-state index < -0.39 is 0 Å². The van der Waals surface area contributed by atoms with Crippen molar-refractivity contribution in [3.63, 3.8) is 0 Å². The predicted molar refractivity (Wildman–Crippen MR) is 131 cm³/mol. The molecule has 0 atom stereocenters. The van der Waals surface area contributed by atoms with E-state index in [1.54, 1.807) is 6.20 Å². The van der Waals surface area contributed by atoms with E-state index in [1.165, 1.54) is 0 Å². The Balaban J connectivity index is 1.34. The number of aryl methyl sites for hydroxylation is 1. The van der Waals surface area contributed by atoms with Crippen molar-refractivity contribution in [1.29, 1.82) is 0 Å². The van der Waals surface area contributed by atoms with Crippen LogP contribution in [0.3, 0.4) is 0 Å². The van der Waals surface area contributed by atoms with Gasteiger partial charge in [0.1, 0.15) is 5.82 Å². The van der Waals surface area contributed by atoms with Gasteiger partial charge in [0, 0.05) is 29.9 Å². The molecular weight excluding hydrogens is 456 g/mol. The molecule has 0 aliphatic rings. The molecule has 6 aromatic rings. The zero-order valence-corrected chi connectivity index (χ0v) is 19.4. The summed E-state index contributed by atoms with van der Waals surface area (Å²) in [7, 11) is 0. The maximum absolute atomic E-state index is 4.68. The summed E-state index contributed by atoms with van der Waals surface area (Å²) in [6, 6.07) is 20.5. The molecule has 178 valence electrons. The molecule has 4 heterocycles. The van der Waals surface area contributed by atoms with Gasteiger partial charge in [0.2, 0.25) is 0 Å². The third-order valence-corrected chi connectivity index (χ3v) is 5.98. The summed E-state index contributed by atoms with van der Waals surface area (Å²) in [5, 5.41) is 33.3. The van der Waals surface area contributed by atoms with Gasteiger partial charge in [-0.3, -0.25) is 0 Å². The molecule has 0 aliphatic carbocycles. The smallest absolute Gasteiger partial charge is 0.180 e. The van der Waals surface area contributed by atoms with E-state index in [0.717, 1.165) is 45.8 Å². The number of anilines is 1. The highest BCUT2D eigenvalue weighted by molar-refractivity contribution is 5.80. The first-order valence-corrected chi connectivity index (χ1v) is 11.5. The first-order valence-electron chi connectivity index (χ1n) is 11.5. The largest absolute Gasteiger partial charge is 0.345 e. The van der Waals surface area contributed by atoms with Gasteiger partial charge in [0.25, 0.3) is 0 Å². The Morgan fingerprint density at radius 1 is 0.861 bits per heavy atom. The minimum absolute atomic E-state index is 0.484. The molecule has 0 bridgehead atoms. The van der Waals surface area contributed by atoms with Gasteiger partial charge in [-0.1, -0.05) is 55.5 Å². The predicted octanol–water partition coefficient (Wildman–Crippen LogP) is 2.86. The maximum atomic E-state index is 4.68. The van der Waals surface area contributed by atoms with Crippen LogP contribution in [0.15, 0.2) is 66.9 Å². The van der Waals surface area contributed by atoms with Gasteiger partial charge >= 0.3 is 0 Å². The number of tetrazole rings is 2. The van der Waals surface area contributed by atoms with Crippen LogP contribution in [0, 0.1) is 0 Å². The molecule has 36 heavy (non-hydrogen) atoms. The first kappa shape index (κ1) is 21.5. The number of hydrogen-bond acceptors (Lipinski definition) is 9. The van der Waals surface area contributed by atoms with Gasteiger partial charge in [0.15, 0.2) is 17.3 Å². The number of nitrogens with one attached hydrogen (secondary N) is 2. The van der Waals surface area contributed by atoms with E-state index in [2.05, 4.69) is 99.6 Å². The number of benzene rings is 2. The summed E-state index contributed by atoms with van der Waals surface area (Å²) in [5.74, 6) is 2.22. The third kappa shape index (κ3) is 4.15. The third-order valence-electron chi connectivity index (χ3n) is 5.98. The molecule has 12 heteroatoms. The summed E-state index contributed by atoms with van der Waals surface area (Å²) in [4.78, 5) is 6.87. The molecule has 0 saturated carbocycles. The number of aromatic amines is 2. The highest BCUT2D eigenvalue weighted by Crippen LogP contribution is 2.30. The molecule has 2 aromatic carbocycles. The summed E-state index contributed by atoms with van der Waals surface area (Å²) >= 11 is 0. The summed E-state index contributed by atoms with van der Waals surface area (Å²) in [6.07, 6.45) is 2.58. The molecular formula is C24H22N12. The van der Waals surface area contributed by atoms with Crippen LogP contribution < -0.4 is 4.90 Å². The topological polar surface area (TPSA) is 142 Å². The van der Waals surface area contributed by atoms with Gasteiger partial charge in [-0.05, 0) is 44.0 Å². The Labute approximate surface area is 205 Å². The summed E-state index contributed by atoms with van der Waals surface area (Å²) in [5.41, 5.74) is 5.99. The van der Waals surface area contributed by atoms with E-state index in [0.29, 0.717) is 24.7 Å². The number of nitrogens with zero attached hydrogens (tertiary/aromatic N) is 10. The molecule has 2 N–H and O–H groups in total. The summed E-state index contributed by atoms with van der Waals surface area (Å²) < 4.78 is 1.85. The average molecular weight is 479 g/mol. The van der Waals surface area contributed by atoms with Crippen molar-refractivity contribution in [2.24, 2.45) is 0 Å². The number of fused-ring (bicyclic) bond motifs is 1.